The lowest BCUT2D eigenvalue weighted by molar-refractivity contribution is 0.624. The van der Waals surface area contributed by atoms with Gasteiger partial charge in [-0.05, 0) is 42.2 Å². The van der Waals surface area contributed by atoms with Gasteiger partial charge in [-0.25, -0.2) is 18.7 Å². The Kier molecular flexibility index (Phi) is 4.88. The highest BCUT2D eigenvalue weighted by atomic mass is 79.9. The number of hydrogen-bond donors (Lipinski definition) is 0. The van der Waals surface area contributed by atoms with Crippen LogP contribution in [0.4, 0.5) is 4.39 Å². The molecule has 0 aliphatic carbocycles. The number of aromatic nitrogens is 3. The van der Waals surface area contributed by atoms with Gasteiger partial charge in [0.15, 0.2) is 16.6 Å². The Labute approximate surface area is 161 Å². The van der Waals surface area contributed by atoms with E-state index in [0.717, 1.165) is 21.7 Å². The van der Waals surface area contributed by atoms with Crippen LogP contribution < -0.4 is 5.69 Å². The first-order valence-corrected chi connectivity index (χ1v) is 9.00. The van der Waals surface area contributed by atoms with Gasteiger partial charge in [-0.15, -0.1) is 0 Å². The summed E-state index contributed by atoms with van der Waals surface area (Å²) in [6.45, 7) is 5.91. The van der Waals surface area contributed by atoms with E-state index in [2.05, 4.69) is 25.9 Å². The third kappa shape index (κ3) is 3.18. The first-order chi connectivity index (χ1) is 11.7. The van der Waals surface area contributed by atoms with Crippen LogP contribution in [0.1, 0.15) is 30.9 Å². The van der Waals surface area contributed by atoms with E-state index in [0.29, 0.717) is 5.69 Å². The summed E-state index contributed by atoms with van der Waals surface area (Å²) < 4.78 is 16.1. The van der Waals surface area contributed by atoms with Crippen LogP contribution in [0, 0.1) is 12.7 Å². The second-order valence-corrected chi connectivity index (χ2v) is 7.60. The minimum absolute atomic E-state index is 0.111. The van der Waals surface area contributed by atoms with Crippen molar-refractivity contribution in [3.05, 3.63) is 60.4 Å². The van der Waals surface area contributed by atoms with Gasteiger partial charge in [0, 0.05) is 4.47 Å². The molecule has 0 atom stereocenters. The fourth-order valence-electron chi connectivity index (χ4n) is 2.77. The Morgan fingerprint density at radius 1 is 1.16 bits per heavy atom. The number of aryl methyl sites for hydroxylation is 1. The van der Waals surface area contributed by atoms with Gasteiger partial charge < -0.3 is 0 Å². The average Bonchev–Trinajstić information content (AvgIpc) is 2.50. The fourth-order valence-corrected chi connectivity index (χ4v) is 3.71. The van der Waals surface area contributed by atoms with E-state index in [9.17, 15) is 9.18 Å². The Balaban J connectivity index is 2.54. The van der Waals surface area contributed by atoms with Crippen molar-refractivity contribution in [2.45, 2.75) is 26.7 Å². The second-order valence-electron chi connectivity index (χ2n) is 5.97. The molecule has 3 rings (SSSR count). The predicted molar refractivity (Wildman–Crippen MR) is 102 cm³/mol. The zero-order chi connectivity index (χ0) is 18.5. The largest absolute Gasteiger partial charge is 0.355 e. The molecule has 4 nitrogen and oxygen atoms in total. The minimum atomic E-state index is -0.723. The minimum Gasteiger partial charge on any atom is -0.245 e. The number of pyridine rings is 1. The van der Waals surface area contributed by atoms with E-state index in [1.165, 1.54) is 4.57 Å². The van der Waals surface area contributed by atoms with Gasteiger partial charge in [0.1, 0.15) is 5.15 Å². The molecule has 0 aliphatic heterocycles. The highest BCUT2D eigenvalue weighted by molar-refractivity contribution is 9.10. The topological polar surface area (TPSA) is 47.8 Å². The van der Waals surface area contributed by atoms with E-state index in [4.69, 9.17) is 23.2 Å². The van der Waals surface area contributed by atoms with Crippen molar-refractivity contribution in [1.82, 2.24) is 14.5 Å². The van der Waals surface area contributed by atoms with Crippen LogP contribution in [0.15, 0.2) is 27.5 Å². The summed E-state index contributed by atoms with van der Waals surface area (Å²) in [5, 5.41) is -0.218. The standard InChI is InChI=1S/C17H13BrCl2FN3O/c1-7(2)10-5-9(18)4-8(3)13(10)24-16-11(14(19)23-17(24)25)6-12(21)15(20)22-16/h4-7H,1-3H3. The summed E-state index contributed by atoms with van der Waals surface area (Å²) in [7, 11) is 0. The van der Waals surface area contributed by atoms with E-state index >= 15 is 0 Å². The zero-order valence-corrected chi connectivity index (χ0v) is 16.7. The van der Waals surface area contributed by atoms with Crippen molar-refractivity contribution in [2.75, 3.05) is 0 Å². The third-order valence-electron chi connectivity index (χ3n) is 3.87. The molecule has 130 valence electrons. The summed E-state index contributed by atoms with van der Waals surface area (Å²) in [4.78, 5) is 20.5. The molecule has 0 radical (unpaired) electrons. The zero-order valence-electron chi connectivity index (χ0n) is 13.6. The van der Waals surface area contributed by atoms with Gasteiger partial charge in [-0.1, -0.05) is 53.0 Å². The molecule has 0 spiro atoms. The number of benzene rings is 1. The van der Waals surface area contributed by atoms with Gasteiger partial charge in [0.2, 0.25) is 0 Å². The smallest absolute Gasteiger partial charge is 0.245 e. The Morgan fingerprint density at radius 2 is 1.84 bits per heavy atom. The molecule has 2 heterocycles. The Bertz CT molecular complexity index is 1070. The molecule has 0 saturated carbocycles. The van der Waals surface area contributed by atoms with Gasteiger partial charge >= 0.3 is 5.69 Å². The lowest BCUT2D eigenvalue weighted by Gasteiger charge is -2.19. The molecule has 1 aromatic carbocycles. The van der Waals surface area contributed by atoms with Crippen LogP contribution in [0.25, 0.3) is 16.7 Å². The maximum atomic E-state index is 13.8. The van der Waals surface area contributed by atoms with E-state index < -0.39 is 11.5 Å². The first kappa shape index (κ1) is 18.3. The maximum Gasteiger partial charge on any atom is 0.355 e. The number of fused-ring (bicyclic) bond motifs is 1. The lowest BCUT2D eigenvalue weighted by Crippen LogP contribution is -2.25. The van der Waals surface area contributed by atoms with Crippen LogP contribution >= 0.6 is 39.1 Å². The normalized spacial score (nSPS) is 11.5. The van der Waals surface area contributed by atoms with Gasteiger partial charge in [0.05, 0.1) is 11.1 Å². The van der Waals surface area contributed by atoms with Crippen molar-refractivity contribution < 1.29 is 4.39 Å². The van der Waals surface area contributed by atoms with Crippen molar-refractivity contribution in [3.63, 3.8) is 0 Å². The van der Waals surface area contributed by atoms with E-state index in [1.807, 2.05) is 32.9 Å². The summed E-state index contributed by atoms with van der Waals surface area (Å²) >= 11 is 15.4. The molecular formula is C17H13BrCl2FN3O. The summed E-state index contributed by atoms with van der Waals surface area (Å²) in [5.74, 6) is -0.598. The van der Waals surface area contributed by atoms with Gasteiger partial charge in [-0.2, -0.15) is 4.98 Å². The number of nitrogens with zero attached hydrogens (tertiary/aromatic N) is 3. The molecule has 2 aromatic heterocycles. The predicted octanol–water partition coefficient (Wildman–Crippen LogP) is 5.42. The molecular weight excluding hydrogens is 432 g/mol. The van der Waals surface area contributed by atoms with Crippen LogP contribution in [-0.2, 0) is 0 Å². The summed E-state index contributed by atoms with van der Waals surface area (Å²) in [5.41, 5.74) is 1.98. The van der Waals surface area contributed by atoms with Crippen molar-refractivity contribution >= 4 is 50.2 Å². The fraction of sp³-hybridized carbons (Fsp3) is 0.235. The van der Waals surface area contributed by atoms with Crippen LogP contribution in [0.5, 0.6) is 0 Å². The second kappa shape index (κ2) is 6.67. The molecule has 0 bridgehead atoms. The van der Waals surface area contributed by atoms with Gasteiger partial charge in [0.25, 0.3) is 0 Å². The monoisotopic (exact) mass is 443 g/mol. The van der Waals surface area contributed by atoms with Crippen molar-refractivity contribution in [3.8, 4) is 5.69 Å². The molecule has 3 aromatic rings. The summed E-state index contributed by atoms with van der Waals surface area (Å²) in [6, 6.07) is 4.96. The highest BCUT2D eigenvalue weighted by Gasteiger charge is 2.20. The van der Waals surface area contributed by atoms with Crippen LogP contribution in [0.3, 0.4) is 0 Å². The summed E-state index contributed by atoms with van der Waals surface area (Å²) in [6.07, 6.45) is 0. The maximum absolute atomic E-state index is 13.8. The molecule has 0 amide bonds. The quantitative estimate of drug-likeness (QED) is 0.391. The number of halogens is 4. The molecule has 0 N–H and O–H groups in total. The molecule has 0 aliphatic rings. The molecule has 0 unspecified atom stereocenters. The number of hydrogen-bond acceptors (Lipinski definition) is 3. The Hall–Kier alpha value is -1.50. The average molecular weight is 445 g/mol. The lowest BCUT2D eigenvalue weighted by atomic mass is 9.98. The van der Waals surface area contributed by atoms with Gasteiger partial charge in [-0.3, -0.25) is 0 Å². The molecule has 8 heteroatoms. The highest BCUT2D eigenvalue weighted by Crippen LogP contribution is 2.32. The van der Waals surface area contributed by atoms with Crippen LogP contribution in [-0.4, -0.2) is 14.5 Å². The SMILES string of the molecule is Cc1cc(Br)cc(C(C)C)c1-n1c(=O)nc(Cl)c2cc(F)c(Cl)nc21. The molecule has 0 saturated heterocycles. The first-order valence-electron chi connectivity index (χ1n) is 7.45. The van der Waals surface area contributed by atoms with E-state index in [1.54, 1.807) is 0 Å². The molecule has 0 fully saturated rings. The van der Waals surface area contributed by atoms with E-state index in [-0.39, 0.29) is 27.3 Å². The van der Waals surface area contributed by atoms with Crippen molar-refractivity contribution in [2.24, 2.45) is 0 Å². The number of rotatable bonds is 2. The van der Waals surface area contributed by atoms with Crippen molar-refractivity contribution in [1.29, 1.82) is 0 Å². The molecule has 25 heavy (non-hydrogen) atoms. The Morgan fingerprint density at radius 3 is 2.48 bits per heavy atom. The third-order valence-corrected chi connectivity index (χ3v) is 4.88. The van der Waals surface area contributed by atoms with Crippen LogP contribution in [0.2, 0.25) is 10.3 Å².